The average Bonchev–Trinajstić information content (AvgIpc) is 2.43. The van der Waals surface area contributed by atoms with E-state index >= 15 is 0 Å². The highest BCUT2D eigenvalue weighted by Crippen LogP contribution is 2.28. The predicted molar refractivity (Wildman–Crippen MR) is 74.4 cm³/mol. The first-order chi connectivity index (χ1) is 8.99. The van der Waals surface area contributed by atoms with E-state index in [9.17, 15) is 9.90 Å². The molecular weight excluding hydrogens is 244 g/mol. The van der Waals surface area contributed by atoms with Crippen LogP contribution in [0.1, 0.15) is 25.5 Å². The van der Waals surface area contributed by atoms with Gasteiger partial charge in [-0.1, -0.05) is 6.07 Å². The number of methoxy groups -OCH3 is 1. The molecule has 0 aromatic heterocycles. The number of likely N-dealkylation sites (N-methyl/N-ethyl adjacent to an activating group) is 1. The lowest BCUT2D eigenvalue weighted by atomic mass is 10.1. The molecule has 0 fully saturated rings. The standard InChI is InChI=1S/C14H22N2O3/c1-5-16(3)14(18)9-15-10(2)11-6-7-12(17)13(8-11)19-4/h6-8,10,15,17H,5,9H2,1-4H3. The summed E-state index contributed by atoms with van der Waals surface area (Å²) in [6, 6.07) is 5.17. The third-order valence-corrected chi connectivity index (χ3v) is 3.16. The average molecular weight is 266 g/mol. The van der Waals surface area contributed by atoms with Gasteiger partial charge in [-0.3, -0.25) is 4.79 Å². The molecule has 1 amide bonds. The molecule has 19 heavy (non-hydrogen) atoms. The maximum atomic E-state index is 11.7. The van der Waals surface area contributed by atoms with Crippen molar-refractivity contribution in [3.8, 4) is 11.5 Å². The van der Waals surface area contributed by atoms with E-state index in [1.54, 1.807) is 24.1 Å². The van der Waals surface area contributed by atoms with E-state index in [1.807, 2.05) is 19.9 Å². The quantitative estimate of drug-likeness (QED) is 0.819. The largest absolute Gasteiger partial charge is 0.504 e. The number of ether oxygens (including phenoxy) is 1. The zero-order chi connectivity index (χ0) is 14.4. The Morgan fingerprint density at radius 1 is 1.53 bits per heavy atom. The maximum Gasteiger partial charge on any atom is 0.236 e. The first-order valence-electron chi connectivity index (χ1n) is 6.33. The molecule has 1 unspecified atom stereocenters. The number of hydrogen-bond donors (Lipinski definition) is 2. The molecule has 1 aromatic carbocycles. The number of rotatable bonds is 6. The number of nitrogens with zero attached hydrogens (tertiary/aromatic N) is 1. The van der Waals surface area contributed by atoms with Crippen LogP contribution in [0.4, 0.5) is 0 Å². The van der Waals surface area contributed by atoms with Crippen LogP contribution in [-0.4, -0.2) is 43.2 Å². The minimum absolute atomic E-state index is 0.00343. The number of aromatic hydroxyl groups is 1. The molecule has 2 N–H and O–H groups in total. The lowest BCUT2D eigenvalue weighted by Gasteiger charge is -2.18. The van der Waals surface area contributed by atoms with Crippen LogP contribution in [-0.2, 0) is 4.79 Å². The molecule has 0 aliphatic rings. The highest BCUT2D eigenvalue weighted by atomic mass is 16.5. The summed E-state index contributed by atoms with van der Waals surface area (Å²) in [6.45, 7) is 4.88. The monoisotopic (exact) mass is 266 g/mol. The molecule has 1 rings (SSSR count). The summed E-state index contributed by atoms with van der Waals surface area (Å²) >= 11 is 0. The number of nitrogens with one attached hydrogen (secondary N) is 1. The van der Waals surface area contributed by atoms with Crippen molar-refractivity contribution in [1.82, 2.24) is 10.2 Å². The van der Waals surface area contributed by atoms with E-state index in [0.717, 1.165) is 5.56 Å². The van der Waals surface area contributed by atoms with Crippen LogP contribution in [0.3, 0.4) is 0 Å². The SMILES string of the molecule is CCN(C)C(=O)CNC(C)c1ccc(O)c(OC)c1. The summed E-state index contributed by atoms with van der Waals surface area (Å²) in [4.78, 5) is 13.3. The van der Waals surface area contributed by atoms with Crippen LogP contribution in [0.15, 0.2) is 18.2 Å². The van der Waals surface area contributed by atoms with Gasteiger partial charge in [-0.2, -0.15) is 0 Å². The summed E-state index contributed by atoms with van der Waals surface area (Å²) in [5.41, 5.74) is 0.960. The maximum absolute atomic E-state index is 11.7. The van der Waals surface area contributed by atoms with Gasteiger partial charge in [-0.25, -0.2) is 0 Å². The lowest BCUT2D eigenvalue weighted by Crippen LogP contribution is -2.36. The Morgan fingerprint density at radius 3 is 2.79 bits per heavy atom. The molecular formula is C14H22N2O3. The molecule has 0 bridgehead atoms. The van der Waals surface area contributed by atoms with Crippen LogP contribution in [0, 0.1) is 0 Å². The van der Waals surface area contributed by atoms with E-state index < -0.39 is 0 Å². The van der Waals surface area contributed by atoms with Crippen molar-refractivity contribution >= 4 is 5.91 Å². The van der Waals surface area contributed by atoms with Gasteiger partial charge in [0.15, 0.2) is 11.5 Å². The molecule has 0 spiro atoms. The Morgan fingerprint density at radius 2 is 2.21 bits per heavy atom. The van der Waals surface area contributed by atoms with E-state index in [4.69, 9.17) is 4.74 Å². The number of benzene rings is 1. The Labute approximate surface area is 114 Å². The number of phenols is 1. The Kier molecular flexibility index (Phi) is 5.63. The van der Waals surface area contributed by atoms with Crippen molar-refractivity contribution in [3.63, 3.8) is 0 Å². The number of hydrogen-bond acceptors (Lipinski definition) is 4. The summed E-state index contributed by atoms with van der Waals surface area (Å²) in [5, 5.41) is 12.7. The Hall–Kier alpha value is -1.75. The van der Waals surface area contributed by atoms with Crippen LogP contribution in [0.25, 0.3) is 0 Å². The summed E-state index contributed by atoms with van der Waals surface area (Å²) < 4.78 is 5.06. The topological polar surface area (TPSA) is 61.8 Å². The second-order valence-corrected chi connectivity index (χ2v) is 4.44. The van der Waals surface area contributed by atoms with Crippen molar-refractivity contribution in [3.05, 3.63) is 23.8 Å². The van der Waals surface area contributed by atoms with Gasteiger partial charge >= 0.3 is 0 Å². The third-order valence-electron chi connectivity index (χ3n) is 3.16. The third kappa shape index (κ3) is 4.13. The molecule has 0 radical (unpaired) electrons. The van der Waals surface area contributed by atoms with Crippen LogP contribution < -0.4 is 10.1 Å². The molecule has 0 aliphatic carbocycles. The van der Waals surface area contributed by atoms with E-state index in [2.05, 4.69) is 5.32 Å². The van der Waals surface area contributed by atoms with Crippen molar-refractivity contribution in [2.24, 2.45) is 0 Å². The molecule has 0 saturated carbocycles. The van der Waals surface area contributed by atoms with Gasteiger partial charge in [0.25, 0.3) is 0 Å². The van der Waals surface area contributed by atoms with Crippen LogP contribution >= 0.6 is 0 Å². The van der Waals surface area contributed by atoms with Gasteiger partial charge in [0.1, 0.15) is 0 Å². The fourth-order valence-electron chi connectivity index (χ4n) is 1.63. The van der Waals surface area contributed by atoms with Crippen molar-refractivity contribution in [1.29, 1.82) is 0 Å². The Bertz CT molecular complexity index is 435. The van der Waals surface area contributed by atoms with Gasteiger partial charge < -0.3 is 20.1 Å². The molecule has 5 nitrogen and oxygen atoms in total. The van der Waals surface area contributed by atoms with Gasteiger partial charge in [-0.05, 0) is 31.5 Å². The highest BCUT2D eigenvalue weighted by Gasteiger charge is 2.12. The second-order valence-electron chi connectivity index (χ2n) is 4.44. The van der Waals surface area contributed by atoms with E-state index in [1.165, 1.54) is 7.11 Å². The first kappa shape index (κ1) is 15.3. The number of carbonyl (C=O) groups excluding carboxylic acids is 1. The fraction of sp³-hybridized carbons (Fsp3) is 0.500. The zero-order valence-corrected chi connectivity index (χ0v) is 11.9. The number of amides is 1. The smallest absolute Gasteiger partial charge is 0.236 e. The Balaban J connectivity index is 2.63. The fourth-order valence-corrected chi connectivity index (χ4v) is 1.63. The zero-order valence-electron chi connectivity index (χ0n) is 11.9. The number of carbonyl (C=O) groups is 1. The minimum atomic E-state index is 0.00343. The molecule has 106 valence electrons. The summed E-state index contributed by atoms with van der Waals surface area (Å²) in [6.07, 6.45) is 0. The molecule has 1 atom stereocenters. The van der Waals surface area contributed by atoms with Crippen molar-refractivity contribution in [2.45, 2.75) is 19.9 Å². The van der Waals surface area contributed by atoms with E-state index in [-0.39, 0.29) is 24.2 Å². The predicted octanol–water partition coefficient (Wildman–Crippen LogP) is 1.53. The van der Waals surface area contributed by atoms with E-state index in [0.29, 0.717) is 12.3 Å². The molecule has 0 aliphatic heterocycles. The normalized spacial score (nSPS) is 12.0. The first-order valence-corrected chi connectivity index (χ1v) is 6.33. The summed E-state index contributed by atoms with van der Waals surface area (Å²) in [5.74, 6) is 0.600. The lowest BCUT2D eigenvalue weighted by molar-refractivity contribution is -0.128. The van der Waals surface area contributed by atoms with Crippen LogP contribution in [0.5, 0.6) is 11.5 Å². The van der Waals surface area contributed by atoms with Gasteiger partial charge in [-0.15, -0.1) is 0 Å². The van der Waals surface area contributed by atoms with Gasteiger partial charge in [0, 0.05) is 19.6 Å². The van der Waals surface area contributed by atoms with Crippen molar-refractivity contribution in [2.75, 3.05) is 27.2 Å². The van der Waals surface area contributed by atoms with Gasteiger partial charge in [0.05, 0.1) is 13.7 Å². The van der Waals surface area contributed by atoms with Crippen molar-refractivity contribution < 1.29 is 14.6 Å². The van der Waals surface area contributed by atoms with Crippen LogP contribution in [0.2, 0.25) is 0 Å². The molecule has 0 heterocycles. The molecule has 5 heteroatoms. The van der Waals surface area contributed by atoms with Gasteiger partial charge in [0.2, 0.25) is 5.91 Å². The number of phenolic OH excluding ortho intramolecular Hbond substituents is 1. The highest BCUT2D eigenvalue weighted by molar-refractivity contribution is 5.77. The summed E-state index contributed by atoms with van der Waals surface area (Å²) in [7, 11) is 3.29. The molecule has 0 saturated heterocycles. The minimum Gasteiger partial charge on any atom is -0.504 e. The molecule has 1 aromatic rings. The second kappa shape index (κ2) is 6.99.